The van der Waals surface area contributed by atoms with Crippen molar-refractivity contribution >= 4 is 11.6 Å². The van der Waals surface area contributed by atoms with Crippen molar-refractivity contribution in [2.75, 3.05) is 13.1 Å². The Kier molecular flexibility index (Phi) is 6.41. The summed E-state index contributed by atoms with van der Waals surface area (Å²) in [4.78, 5) is 0. The zero-order valence-corrected chi connectivity index (χ0v) is 9.76. The van der Waals surface area contributed by atoms with Crippen LogP contribution in [0.1, 0.15) is 24.8 Å². The van der Waals surface area contributed by atoms with Crippen LogP contribution in [0.15, 0.2) is 24.3 Å². The number of nitrogens with two attached hydrogens (primary N) is 1. The second-order valence-electron chi connectivity index (χ2n) is 3.65. The molecule has 0 aromatic heterocycles. The van der Waals surface area contributed by atoms with E-state index in [1.807, 2.05) is 12.1 Å². The van der Waals surface area contributed by atoms with E-state index >= 15 is 0 Å². The minimum atomic E-state index is 0.793. The normalized spacial score (nSPS) is 10.5. The van der Waals surface area contributed by atoms with Crippen molar-refractivity contribution in [2.24, 2.45) is 5.73 Å². The Morgan fingerprint density at radius 2 is 1.80 bits per heavy atom. The lowest BCUT2D eigenvalue weighted by atomic mass is 10.2. The molecule has 0 aliphatic heterocycles. The number of rotatable bonds is 7. The summed E-state index contributed by atoms with van der Waals surface area (Å²) in [6.07, 6.45) is 3.54. The number of nitrogens with one attached hydrogen (secondary N) is 1. The molecule has 0 unspecified atom stereocenters. The van der Waals surface area contributed by atoms with Crippen molar-refractivity contribution in [1.29, 1.82) is 0 Å². The van der Waals surface area contributed by atoms with E-state index in [4.69, 9.17) is 17.3 Å². The maximum Gasteiger partial charge on any atom is 0.0406 e. The molecule has 0 saturated carbocycles. The average molecular weight is 227 g/mol. The molecule has 15 heavy (non-hydrogen) atoms. The van der Waals surface area contributed by atoms with Gasteiger partial charge in [-0.1, -0.05) is 30.2 Å². The molecule has 0 atom stereocenters. The van der Waals surface area contributed by atoms with Crippen molar-refractivity contribution in [2.45, 2.75) is 25.8 Å². The van der Waals surface area contributed by atoms with Crippen LogP contribution in [0, 0.1) is 0 Å². The molecule has 84 valence electrons. The Morgan fingerprint density at radius 3 is 2.47 bits per heavy atom. The van der Waals surface area contributed by atoms with Gasteiger partial charge in [0.05, 0.1) is 0 Å². The van der Waals surface area contributed by atoms with Gasteiger partial charge in [0.25, 0.3) is 0 Å². The molecule has 0 bridgehead atoms. The molecule has 1 aromatic carbocycles. The first-order valence-electron chi connectivity index (χ1n) is 5.48. The van der Waals surface area contributed by atoms with Crippen molar-refractivity contribution in [3.05, 3.63) is 34.9 Å². The van der Waals surface area contributed by atoms with Crippen LogP contribution in [0.3, 0.4) is 0 Å². The van der Waals surface area contributed by atoms with E-state index in [1.54, 1.807) is 0 Å². The lowest BCUT2D eigenvalue weighted by molar-refractivity contribution is 0.606. The monoisotopic (exact) mass is 226 g/mol. The summed E-state index contributed by atoms with van der Waals surface area (Å²) in [6, 6.07) is 7.95. The van der Waals surface area contributed by atoms with E-state index in [9.17, 15) is 0 Å². The van der Waals surface area contributed by atoms with E-state index in [2.05, 4.69) is 17.4 Å². The molecule has 3 N–H and O–H groups in total. The second-order valence-corrected chi connectivity index (χ2v) is 4.09. The average Bonchev–Trinajstić information content (AvgIpc) is 2.26. The van der Waals surface area contributed by atoms with Crippen molar-refractivity contribution in [3.8, 4) is 0 Å². The van der Waals surface area contributed by atoms with Gasteiger partial charge in [-0.3, -0.25) is 0 Å². The molecule has 2 nitrogen and oxygen atoms in total. The highest BCUT2D eigenvalue weighted by Crippen LogP contribution is 2.09. The predicted octanol–water partition coefficient (Wildman–Crippen LogP) is 2.56. The number of hydrogen-bond acceptors (Lipinski definition) is 2. The van der Waals surface area contributed by atoms with Crippen LogP contribution in [-0.4, -0.2) is 13.1 Å². The Hall–Kier alpha value is -0.570. The van der Waals surface area contributed by atoms with Gasteiger partial charge < -0.3 is 11.1 Å². The van der Waals surface area contributed by atoms with E-state index < -0.39 is 0 Å². The second kappa shape index (κ2) is 7.69. The number of unbranched alkanes of at least 4 members (excludes halogenated alkanes) is 2. The van der Waals surface area contributed by atoms with E-state index in [-0.39, 0.29) is 0 Å². The third kappa shape index (κ3) is 5.78. The van der Waals surface area contributed by atoms with Gasteiger partial charge in [-0.2, -0.15) is 0 Å². The van der Waals surface area contributed by atoms with Crippen LogP contribution < -0.4 is 11.1 Å². The zero-order valence-electron chi connectivity index (χ0n) is 9.01. The molecule has 0 aliphatic rings. The Balaban J connectivity index is 2.07. The largest absolute Gasteiger partial charge is 0.330 e. The van der Waals surface area contributed by atoms with E-state index in [1.165, 1.54) is 18.4 Å². The minimum Gasteiger partial charge on any atom is -0.330 e. The third-order valence-electron chi connectivity index (χ3n) is 2.30. The highest BCUT2D eigenvalue weighted by atomic mass is 35.5. The van der Waals surface area contributed by atoms with Crippen LogP contribution >= 0.6 is 11.6 Å². The summed E-state index contributed by atoms with van der Waals surface area (Å²) in [5.41, 5.74) is 6.69. The molecule has 0 spiro atoms. The lowest BCUT2D eigenvalue weighted by Crippen LogP contribution is -2.14. The highest BCUT2D eigenvalue weighted by molar-refractivity contribution is 6.30. The number of benzene rings is 1. The fourth-order valence-electron chi connectivity index (χ4n) is 1.41. The molecule has 1 rings (SSSR count). The molecule has 0 fully saturated rings. The molecular weight excluding hydrogens is 208 g/mol. The molecule has 0 amide bonds. The summed E-state index contributed by atoms with van der Waals surface area (Å²) in [6.45, 7) is 2.78. The van der Waals surface area contributed by atoms with Crippen LogP contribution in [0.4, 0.5) is 0 Å². The fourth-order valence-corrected chi connectivity index (χ4v) is 1.53. The van der Waals surface area contributed by atoms with E-state index in [0.717, 1.165) is 31.1 Å². The molecule has 1 aromatic rings. The summed E-state index contributed by atoms with van der Waals surface area (Å²) in [5, 5.41) is 4.19. The summed E-state index contributed by atoms with van der Waals surface area (Å²) < 4.78 is 0. The van der Waals surface area contributed by atoms with Gasteiger partial charge in [0.15, 0.2) is 0 Å². The molecule has 0 radical (unpaired) electrons. The minimum absolute atomic E-state index is 0.793. The third-order valence-corrected chi connectivity index (χ3v) is 2.55. The molecular formula is C12H19ClN2. The van der Waals surface area contributed by atoms with Crippen molar-refractivity contribution in [3.63, 3.8) is 0 Å². The number of halogens is 1. The molecule has 0 heterocycles. The van der Waals surface area contributed by atoms with Crippen LogP contribution in [-0.2, 0) is 6.54 Å². The van der Waals surface area contributed by atoms with Gasteiger partial charge >= 0.3 is 0 Å². The fraction of sp³-hybridized carbons (Fsp3) is 0.500. The summed E-state index contributed by atoms with van der Waals surface area (Å²) >= 11 is 5.80. The van der Waals surface area contributed by atoms with Crippen molar-refractivity contribution < 1.29 is 0 Å². The Morgan fingerprint density at radius 1 is 1.07 bits per heavy atom. The molecule has 0 aliphatic carbocycles. The van der Waals surface area contributed by atoms with Gasteiger partial charge in [0.1, 0.15) is 0 Å². The van der Waals surface area contributed by atoms with Crippen LogP contribution in [0.25, 0.3) is 0 Å². The zero-order chi connectivity index (χ0) is 10.9. The Bertz CT molecular complexity index is 259. The van der Waals surface area contributed by atoms with Gasteiger partial charge in [-0.05, 0) is 43.6 Å². The van der Waals surface area contributed by atoms with Gasteiger partial charge in [0, 0.05) is 11.6 Å². The predicted molar refractivity (Wildman–Crippen MR) is 66.1 cm³/mol. The quantitative estimate of drug-likeness (QED) is 0.702. The standard InChI is InChI=1S/C12H19ClN2/c13-12-6-4-11(5-7-12)10-15-9-3-1-2-8-14/h4-7,15H,1-3,8-10,14H2. The SMILES string of the molecule is NCCCCCNCc1ccc(Cl)cc1. The first kappa shape index (κ1) is 12.5. The first-order valence-corrected chi connectivity index (χ1v) is 5.86. The maximum atomic E-state index is 5.80. The van der Waals surface area contributed by atoms with Crippen molar-refractivity contribution in [1.82, 2.24) is 5.32 Å². The van der Waals surface area contributed by atoms with Gasteiger partial charge in [-0.25, -0.2) is 0 Å². The lowest BCUT2D eigenvalue weighted by Gasteiger charge is -2.04. The topological polar surface area (TPSA) is 38.0 Å². The summed E-state index contributed by atoms with van der Waals surface area (Å²) in [7, 11) is 0. The Labute approximate surface area is 96.8 Å². The van der Waals surface area contributed by atoms with Crippen LogP contribution in [0.5, 0.6) is 0 Å². The highest BCUT2D eigenvalue weighted by Gasteiger charge is 1.92. The summed E-state index contributed by atoms with van der Waals surface area (Å²) in [5.74, 6) is 0. The molecule has 3 heteroatoms. The van der Waals surface area contributed by atoms with Gasteiger partial charge in [-0.15, -0.1) is 0 Å². The maximum absolute atomic E-state index is 5.80. The van der Waals surface area contributed by atoms with Gasteiger partial charge in [0.2, 0.25) is 0 Å². The first-order chi connectivity index (χ1) is 7.33. The molecule has 0 saturated heterocycles. The van der Waals surface area contributed by atoms with E-state index in [0.29, 0.717) is 0 Å². The number of hydrogen-bond donors (Lipinski definition) is 2. The smallest absolute Gasteiger partial charge is 0.0406 e. The van der Waals surface area contributed by atoms with Crippen LogP contribution in [0.2, 0.25) is 5.02 Å².